The van der Waals surface area contributed by atoms with E-state index in [1.54, 1.807) is 6.26 Å². The number of carbonyl (C=O) groups excluding carboxylic acids is 2. The fourth-order valence-corrected chi connectivity index (χ4v) is 3.89. The molecule has 6 nitrogen and oxygen atoms in total. The maximum atomic E-state index is 13.0. The lowest BCUT2D eigenvalue weighted by Crippen LogP contribution is -2.33. The van der Waals surface area contributed by atoms with Gasteiger partial charge in [-0.1, -0.05) is 37.3 Å². The zero-order valence-corrected chi connectivity index (χ0v) is 19.3. The molecule has 2 N–H and O–H groups in total. The van der Waals surface area contributed by atoms with E-state index in [9.17, 15) is 9.59 Å². The molecule has 6 heteroatoms. The van der Waals surface area contributed by atoms with E-state index in [-0.39, 0.29) is 18.4 Å². The summed E-state index contributed by atoms with van der Waals surface area (Å²) in [6.07, 6.45) is 4.63. The number of anilines is 1. The highest BCUT2D eigenvalue weighted by atomic mass is 16.3. The molecule has 2 amide bonds. The van der Waals surface area contributed by atoms with Crippen molar-refractivity contribution < 1.29 is 14.0 Å². The van der Waals surface area contributed by atoms with E-state index >= 15 is 0 Å². The Kier molecular flexibility index (Phi) is 7.25. The van der Waals surface area contributed by atoms with Crippen LogP contribution in [0.2, 0.25) is 0 Å². The van der Waals surface area contributed by atoms with Gasteiger partial charge in [0.2, 0.25) is 5.91 Å². The molecule has 172 valence electrons. The molecule has 1 saturated carbocycles. The van der Waals surface area contributed by atoms with Gasteiger partial charge in [0.05, 0.1) is 19.4 Å². The zero-order valence-electron chi connectivity index (χ0n) is 19.3. The summed E-state index contributed by atoms with van der Waals surface area (Å²) in [7, 11) is 0. The minimum atomic E-state index is -0.0639. The van der Waals surface area contributed by atoms with Crippen molar-refractivity contribution in [3.8, 4) is 0 Å². The molecule has 1 aliphatic carbocycles. The van der Waals surface area contributed by atoms with Crippen LogP contribution in [0.3, 0.4) is 0 Å². The molecular weight excluding hydrogens is 414 g/mol. The Morgan fingerprint density at radius 1 is 1.03 bits per heavy atom. The van der Waals surface area contributed by atoms with E-state index < -0.39 is 0 Å². The maximum Gasteiger partial charge on any atom is 0.251 e. The van der Waals surface area contributed by atoms with Crippen LogP contribution < -0.4 is 10.6 Å². The molecule has 0 saturated heterocycles. The fourth-order valence-electron chi connectivity index (χ4n) is 3.89. The molecule has 0 atom stereocenters. The Hall–Kier alpha value is -3.38. The largest absolute Gasteiger partial charge is 0.468 e. The number of carbonyl (C=O) groups is 2. The molecule has 33 heavy (non-hydrogen) atoms. The van der Waals surface area contributed by atoms with Crippen LogP contribution in [0, 0.1) is 6.92 Å². The minimum Gasteiger partial charge on any atom is -0.468 e. The first-order valence-corrected chi connectivity index (χ1v) is 11.5. The Balaban J connectivity index is 1.44. The number of hydrogen-bond acceptors (Lipinski definition) is 4. The summed E-state index contributed by atoms with van der Waals surface area (Å²) < 4.78 is 5.52. The highest BCUT2D eigenvalue weighted by molar-refractivity contribution is 5.95. The molecule has 1 fully saturated rings. The summed E-state index contributed by atoms with van der Waals surface area (Å²) >= 11 is 0. The molecule has 0 unspecified atom stereocenters. The minimum absolute atomic E-state index is 0.0270. The van der Waals surface area contributed by atoms with Gasteiger partial charge in [0.1, 0.15) is 5.76 Å². The second kappa shape index (κ2) is 10.5. The molecule has 1 aromatic heterocycles. The van der Waals surface area contributed by atoms with Gasteiger partial charge in [-0.15, -0.1) is 0 Å². The molecule has 1 aliphatic rings. The number of benzene rings is 2. The highest BCUT2D eigenvalue weighted by Gasteiger charge is 2.23. The molecule has 0 aliphatic heterocycles. The molecule has 1 heterocycles. The summed E-state index contributed by atoms with van der Waals surface area (Å²) in [6, 6.07) is 17.8. The number of nitrogens with one attached hydrogen (secondary N) is 2. The molecular formula is C27H31N3O3. The zero-order chi connectivity index (χ0) is 23.2. The van der Waals surface area contributed by atoms with Crippen LogP contribution in [-0.2, 0) is 24.3 Å². The monoisotopic (exact) mass is 445 g/mol. The molecule has 3 aromatic rings. The van der Waals surface area contributed by atoms with Crippen molar-refractivity contribution in [2.45, 2.75) is 52.2 Å². The van der Waals surface area contributed by atoms with Gasteiger partial charge in [-0.3, -0.25) is 14.5 Å². The van der Waals surface area contributed by atoms with Crippen LogP contribution in [0.25, 0.3) is 0 Å². The van der Waals surface area contributed by atoms with Crippen molar-refractivity contribution in [3.05, 3.63) is 88.9 Å². The highest BCUT2D eigenvalue weighted by Crippen LogP contribution is 2.22. The van der Waals surface area contributed by atoms with Crippen molar-refractivity contribution in [1.29, 1.82) is 0 Å². The first kappa shape index (κ1) is 22.8. The van der Waals surface area contributed by atoms with Crippen molar-refractivity contribution in [3.63, 3.8) is 0 Å². The smallest absolute Gasteiger partial charge is 0.251 e. The summed E-state index contributed by atoms with van der Waals surface area (Å²) in [5, 5.41) is 6.12. The van der Waals surface area contributed by atoms with Gasteiger partial charge in [-0.05, 0) is 67.1 Å². The topological polar surface area (TPSA) is 74.6 Å². The van der Waals surface area contributed by atoms with Gasteiger partial charge in [-0.25, -0.2) is 0 Å². The van der Waals surface area contributed by atoms with Crippen LogP contribution in [0.4, 0.5) is 5.69 Å². The van der Waals surface area contributed by atoms with E-state index in [2.05, 4.69) is 17.6 Å². The normalized spacial score (nSPS) is 13.2. The van der Waals surface area contributed by atoms with Crippen LogP contribution in [-0.4, -0.2) is 29.3 Å². The summed E-state index contributed by atoms with van der Waals surface area (Å²) in [5.74, 6) is 0.709. The third kappa shape index (κ3) is 6.33. The van der Waals surface area contributed by atoms with E-state index in [1.165, 1.54) is 0 Å². The second-order valence-electron chi connectivity index (χ2n) is 8.68. The summed E-state index contributed by atoms with van der Waals surface area (Å²) in [6.45, 7) is 5.40. The quantitative estimate of drug-likeness (QED) is 0.475. The maximum absolute atomic E-state index is 13.0. The fraction of sp³-hybridized carbons (Fsp3) is 0.333. The first-order chi connectivity index (χ1) is 16.0. The SMILES string of the molecule is CCc1cccc(C)c1NC(=O)CN(Cc1ccc(C(=O)NC2CC2)cc1)Cc1ccco1. The van der Waals surface area contributed by atoms with Crippen molar-refractivity contribution in [2.75, 3.05) is 11.9 Å². The standard InChI is InChI=1S/C27H31N3O3/c1-3-21-7-4-6-19(2)26(21)29-25(31)18-30(17-24-8-5-15-33-24)16-20-9-11-22(12-10-20)27(32)28-23-13-14-23/h4-12,15,23H,3,13-14,16-18H2,1-2H3,(H,28,32)(H,29,31). The Morgan fingerprint density at radius 3 is 2.48 bits per heavy atom. The Bertz CT molecular complexity index is 1090. The predicted octanol–water partition coefficient (Wildman–Crippen LogP) is 4.68. The lowest BCUT2D eigenvalue weighted by atomic mass is 10.1. The number of furan rings is 1. The molecule has 0 spiro atoms. The number of para-hydroxylation sites is 1. The van der Waals surface area contributed by atoms with Gasteiger partial charge in [0.25, 0.3) is 5.91 Å². The molecule has 0 bridgehead atoms. The van der Waals surface area contributed by atoms with Crippen LogP contribution >= 0.6 is 0 Å². The van der Waals surface area contributed by atoms with E-state index in [1.807, 2.05) is 66.4 Å². The molecule has 2 aromatic carbocycles. The third-order valence-corrected chi connectivity index (χ3v) is 5.87. The van der Waals surface area contributed by atoms with Crippen molar-refractivity contribution >= 4 is 17.5 Å². The van der Waals surface area contributed by atoms with Gasteiger partial charge in [0, 0.05) is 23.8 Å². The Labute approximate surface area is 195 Å². The number of nitrogens with zero attached hydrogens (tertiary/aromatic N) is 1. The Morgan fingerprint density at radius 2 is 1.82 bits per heavy atom. The van der Waals surface area contributed by atoms with Gasteiger partial charge >= 0.3 is 0 Å². The third-order valence-electron chi connectivity index (χ3n) is 5.87. The lowest BCUT2D eigenvalue weighted by molar-refractivity contribution is -0.117. The molecule has 0 radical (unpaired) electrons. The van der Waals surface area contributed by atoms with Crippen molar-refractivity contribution in [1.82, 2.24) is 10.2 Å². The average molecular weight is 446 g/mol. The van der Waals surface area contributed by atoms with E-state index in [4.69, 9.17) is 4.42 Å². The van der Waals surface area contributed by atoms with Crippen LogP contribution in [0.5, 0.6) is 0 Å². The summed E-state index contributed by atoms with van der Waals surface area (Å²) in [4.78, 5) is 27.3. The van der Waals surface area contributed by atoms with Crippen LogP contribution in [0.1, 0.15) is 52.6 Å². The number of aryl methyl sites for hydroxylation is 2. The van der Waals surface area contributed by atoms with E-state index in [0.29, 0.717) is 24.7 Å². The summed E-state index contributed by atoms with van der Waals surface area (Å²) in [5.41, 5.74) is 4.77. The first-order valence-electron chi connectivity index (χ1n) is 11.5. The van der Waals surface area contributed by atoms with Crippen molar-refractivity contribution in [2.24, 2.45) is 0 Å². The number of rotatable bonds is 10. The second-order valence-corrected chi connectivity index (χ2v) is 8.68. The number of amides is 2. The van der Waals surface area contributed by atoms with Crippen LogP contribution in [0.15, 0.2) is 65.3 Å². The van der Waals surface area contributed by atoms with Gasteiger partial charge in [-0.2, -0.15) is 0 Å². The molecule has 4 rings (SSSR count). The average Bonchev–Trinajstić information content (AvgIpc) is 3.47. The van der Waals surface area contributed by atoms with E-state index in [0.717, 1.165) is 47.4 Å². The van der Waals surface area contributed by atoms with Gasteiger partial charge in [0.15, 0.2) is 0 Å². The van der Waals surface area contributed by atoms with Gasteiger partial charge < -0.3 is 15.1 Å². The number of hydrogen-bond donors (Lipinski definition) is 2. The predicted molar refractivity (Wildman–Crippen MR) is 129 cm³/mol. The lowest BCUT2D eigenvalue weighted by Gasteiger charge is -2.22.